The van der Waals surface area contributed by atoms with Crippen molar-refractivity contribution in [2.45, 2.75) is 26.2 Å². The van der Waals surface area contributed by atoms with Crippen LogP contribution in [0, 0.1) is 5.41 Å². The van der Waals surface area contributed by atoms with Crippen molar-refractivity contribution in [3.63, 3.8) is 0 Å². The Bertz CT molecular complexity index is 52.2. The second-order valence-electron chi connectivity index (χ2n) is 1.39. The van der Waals surface area contributed by atoms with E-state index in [-0.39, 0.29) is 0 Å². The fraction of sp³-hybridized carbons (Fsp3) is 0.800. The fourth-order valence-corrected chi connectivity index (χ4v) is 0.306. The van der Waals surface area contributed by atoms with Crippen LogP contribution in [0.4, 0.5) is 0 Å². The van der Waals surface area contributed by atoms with Crippen molar-refractivity contribution in [2.75, 3.05) is 0 Å². The van der Waals surface area contributed by atoms with Gasteiger partial charge in [-0.2, -0.15) is 0 Å². The van der Waals surface area contributed by atoms with Crippen LogP contribution in [0.2, 0.25) is 0 Å². The first kappa shape index (κ1) is 12.4. The van der Waals surface area contributed by atoms with Crippen LogP contribution in [0.5, 0.6) is 0 Å². The Balaban J connectivity index is 0. The predicted octanol–water partition coefficient (Wildman–Crippen LogP) is 3.20. The van der Waals surface area contributed by atoms with Crippen LogP contribution in [0.3, 0.4) is 0 Å². The Labute approximate surface area is 71.2 Å². The summed E-state index contributed by atoms with van der Waals surface area (Å²) in [5.74, 6) is 0. The van der Waals surface area contributed by atoms with Crippen LogP contribution in [0.25, 0.3) is 0 Å². The molecule has 1 N–H and O–H groups in total. The number of nitrogens with one attached hydrogen (secondary N) is 1. The van der Waals surface area contributed by atoms with E-state index in [0.717, 1.165) is 19.6 Å². The Morgan fingerprint density at radius 3 is 2.11 bits per heavy atom. The van der Waals surface area contributed by atoms with E-state index in [1.54, 1.807) is 0 Å². The molecule has 0 aliphatic heterocycles. The topological polar surface area (TPSA) is 23.9 Å². The number of hydrogen-bond donors (Lipinski definition) is 1. The van der Waals surface area contributed by atoms with E-state index in [2.05, 4.69) is 27.1 Å². The Morgan fingerprint density at radius 2 is 2.00 bits per heavy atom. The van der Waals surface area contributed by atoms with Crippen molar-refractivity contribution in [1.82, 2.24) is 0 Å². The van der Waals surface area contributed by atoms with Gasteiger partial charge in [-0.3, -0.25) is 0 Å². The van der Waals surface area contributed by atoms with Gasteiger partial charge in [-0.15, -0.1) is 0 Å². The second kappa shape index (κ2) is 15.9. The summed E-state index contributed by atoms with van der Waals surface area (Å²) in [6.45, 7) is 2.13. The van der Waals surface area contributed by atoms with Gasteiger partial charge in [0.15, 0.2) is 0 Å². The van der Waals surface area contributed by atoms with Gasteiger partial charge in [0, 0.05) is 0 Å². The third kappa shape index (κ3) is 28.3. The van der Waals surface area contributed by atoms with Gasteiger partial charge in [0.1, 0.15) is 0 Å². The zero-order valence-corrected chi connectivity index (χ0v) is 7.71. The first-order valence-electron chi connectivity index (χ1n) is 2.63. The molecular formula is C5H11Cl2CuN. The van der Waals surface area contributed by atoms with E-state index < -0.39 is 0 Å². The van der Waals surface area contributed by atoms with E-state index in [4.69, 9.17) is 5.41 Å². The predicted molar refractivity (Wildman–Crippen MR) is 40.0 cm³/mol. The van der Waals surface area contributed by atoms with Gasteiger partial charge < -0.3 is 5.41 Å². The summed E-state index contributed by atoms with van der Waals surface area (Å²) < 4.78 is 0. The molecule has 0 atom stereocenters. The molecule has 0 saturated carbocycles. The average molecular weight is 220 g/mol. The van der Waals surface area contributed by atoms with Crippen LogP contribution >= 0.6 is 20.2 Å². The molecule has 0 fully saturated rings. The molecule has 1 nitrogen and oxygen atoms in total. The molecular weight excluding hydrogens is 209 g/mol. The van der Waals surface area contributed by atoms with Gasteiger partial charge in [-0.05, 0) is 19.1 Å². The molecule has 0 unspecified atom stereocenters. The molecule has 0 radical (unpaired) electrons. The van der Waals surface area contributed by atoms with Crippen molar-refractivity contribution >= 4 is 26.4 Å². The third-order valence-corrected chi connectivity index (χ3v) is 0.702. The van der Waals surface area contributed by atoms with Crippen molar-refractivity contribution in [2.24, 2.45) is 0 Å². The van der Waals surface area contributed by atoms with E-state index >= 15 is 0 Å². The van der Waals surface area contributed by atoms with Crippen LogP contribution in [-0.2, 0) is 13.1 Å². The first-order chi connectivity index (χ1) is 4.33. The molecule has 0 saturated heterocycles. The molecule has 4 heteroatoms. The van der Waals surface area contributed by atoms with Crippen LogP contribution < -0.4 is 0 Å². The van der Waals surface area contributed by atoms with E-state index in [0.29, 0.717) is 0 Å². The van der Waals surface area contributed by atoms with Gasteiger partial charge in [-0.25, -0.2) is 0 Å². The van der Waals surface area contributed by atoms with Crippen LogP contribution in [0.15, 0.2) is 0 Å². The molecule has 0 aromatic heterocycles. The molecule has 61 valence electrons. The second-order valence-corrected chi connectivity index (χ2v) is 2.94. The van der Waals surface area contributed by atoms with Crippen molar-refractivity contribution < 1.29 is 13.1 Å². The standard InChI is InChI=1S/C5H11N.2ClH.Cu/c1-2-3-4-5-6;;;/h5-6H,2-4H2,1H3;2*1H;/q;;;+2/p-2. The fourth-order valence-electron chi connectivity index (χ4n) is 0.306. The summed E-state index contributed by atoms with van der Waals surface area (Å²) in [5.41, 5.74) is 0. The van der Waals surface area contributed by atoms with Gasteiger partial charge >= 0.3 is 33.3 Å². The minimum atomic E-state index is 0.757. The van der Waals surface area contributed by atoms with Gasteiger partial charge in [-0.1, -0.05) is 13.3 Å². The van der Waals surface area contributed by atoms with Crippen LogP contribution in [-0.4, -0.2) is 6.21 Å². The number of unbranched alkanes of at least 4 members (excludes halogenated alkanes) is 2. The zero-order valence-electron chi connectivity index (χ0n) is 5.26. The summed E-state index contributed by atoms with van der Waals surface area (Å²) in [5, 5.41) is 6.58. The van der Waals surface area contributed by atoms with Gasteiger partial charge in [0.05, 0.1) is 0 Å². The quantitative estimate of drug-likeness (QED) is 0.428. The summed E-state index contributed by atoms with van der Waals surface area (Å²) >= 11 is 0.757. The SMILES string of the molecule is CCCCC=N.[Cl][Cu][Cl]. The Morgan fingerprint density at radius 1 is 1.56 bits per heavy atom. The molecule has 0 rings (SSSR count). The van der Waals surface area contributed by atoms with E-state index in [1.165, 1.54) is 19.1 Å². The average Bonchev–Trinajstić information content (AvgIpc) is 1.86. The molecule has 0 amide bonds. The van der Waals surface area contributed by atoms with Crippen LogP contribution in [0.1, 0.15) is 26.2 Å². The molecule has 0 aliphatic carbocycles. The van der Waals surface area contributed by atoms with E-state index in [9.17, 15) is 0 Å². The van der Waals surface area contributed by atoms with Crippen molar-refractivity contribution in [1.29, 1.82) is 5.41 Å². The molecule has 0 spiro atoms. The summed E-state index contributed by atoms with van der Waals surface area (Å²) in [7, 11) is 9.34. The Kier molecular flexibility index (Phi) is 22.0. The molecule has 0 aliphatic rings. The summed E-state index contributed by atoms with van der Waals surface area (Å²) in [4.78, 5) is 0. The number of rotatable bonds is 3. The van der Waals surface area contributed by atoms with Gasteiger partial charge in [0.2, 0.25) is 0 Å². The monoisotopic (exact) mass is 218 g/mol. The summed E-state index contributed by atoms with van der Waals surface area (Å²) in [6.07, 6.45) is 4.79. The molecule has 0 aromatic carbocycles. The minimum absolute atomic E-state index is 0.757. The summed E-state index contributed by atoms with van der Waals surface area (Å²) in [6, 6.07) is 0. The maximum atomic E-state index is 6.58. The molecule has 9 heavy (non-hydrogen) atoms. The van der Waals surface area contributed by atoms with Gasteiger partial charge in [0.25, 0.3) is 0 Å². The molecule has 0 aromatic rings. The number of hydrogen-bond acceptors (Lipinski definition) is 1. The zero-order chi connectivity index (χ0) is 7.54. The maximum absolute atomic E-state index is 6.58. The normalized spacial score (nSPS) is 7.89. The van der Waals surface area contributed by atoms with Crippen molar-refractivity contribution in [3.8, 4) is 0 Å². The van der Waals surface area contributed by atoms with Crippen molar-refractivity contribution in [3.05, 3.63) is 0 Å². The molecule has 0 bridgehead atoms. The van der Waals surface area contributed by atoms with E-state index in [1.807, 2.05) is 0 Å². The molecule has 0 heterocycles. The third-order valence-electron chi connectivity index (χ3n) is 0.702. The number of halogens is 2. The Hall–Kier alpha value is 0.769. The first-order valence-corrected chi connectivity index (χ1v) is 5.22.